The van der Waals surface area contributed by atoms with E-state index in [0.717, 1.165) is 17.2 Å². The summed E-state index contributed by atoms with van der Waals surface area (Å²) in [6.45, 7) is 4.21. The van der Waals surface area contributed by atoms with E-state index in [2.05, 4.69) is 19.2 Å². The Labute approximate surface area is 96.6 Å². The van der Waals surface area contributed by atoms with E-state index in [9.17, 15) is 0 Å². The van der Waals surface area contributed by atoms with Crippen LogP contribution < -0.4 is 10.1 Å². The van der Waals surface area contributed by atoms with Gasteiger partial charge >= 0.3 is 0 Å². The molecule has 84 valence electrons. The van der Waals surface area contributed by atoms with Gasteiger partial charge in [-0.3, -0.25) is 0 Å². The Kier molecular flexibility index (Phi) is 4.92. The van der Waals surface area contributed by atoms with Crippen molar-refractivity contribution in [1.29, 1.82) is 0 Å². The highest BCUT2D eigenvalue weighted by Crippen LogP contribution is 2.17. The summed E-state index contributed by atoms with van der Waals surface area (Å²) in [5.41, 5.74) is 0. The Morgan fingerprint density at radius 3 is 2.40 bits per heavy atom. The van der Waals surface area contributed by atoms with Crippen LogP contribution in [0.2, 0.25) is 5.02 Å². The van der Waals surface area contributed by atoms with Crippen LogP contribution in [0.5, 0.6) is 5.75 Å². The molecule has 0 fully saturated rings. The quantitative estimate of drug-likeness (QED) is 0.835. The molecule has 0 radical (unpaired) electrons. The van der Waals surface area contributed by atoms with Gasteiger partial charge in [0.05, 0.1) is 6.10 Å². The lowest BCUT2D eigenvalue weighted by molar-refractivity contribution is 0.198. The average molecular weight is 228 g/mol. The third kappa shape index (κ3) is 4.54. The van der Waals surface area contributed by atoms with E-state index in [0.29, 0.717) is 6.04 Å². The molecule has 0 saturated heterocycles. The SMILES string of the molecule is CNC(C)CC(C)Oc1ccc(Cl)cc1. The molecule has 2 atom stereocenters. The molecule has 1 N–H and O–H groups in total. The molecule has 0 aliphatic carbocycles. The van der Waals surface area contributed by atoms with Crippen LogP contribution >= 0.6 is 11.6 Å². The summed E-state index contributed by atoms with van der Waals surface area (Å²) in [4.78, 5) is 0. The molecule has 0 heterocycles. The van der Waals surface area contributed by atoms with E-state index in [-0.39, 0.29) is 6.10 Å². The minimum Gasteiger partial charge on any atom is -0.491 e. The number of rotatable bonds is 5. The first-order valence-electron chi connectivity index (χ1n) is 5.21. The molecule has 0 amide bonds. The molecule has 0 saturated carbocycles. The van der Waals surface area contributed by atoms with E-state index in [1.165, 1.54) is 0 Å². The largest absolute Gasteiger partial charge is 0.491 e. The van der Waals surface area contributed by atoms with Crippen molar-refractivity contribution in [2.75, 3.05) is 7.05 Å². The van der Waals surface area contributed by atoms with E-state index < -0.39 is 0 Å². The Hall–Kier alpha value is -0.730. The third-order valence-corrected chi connectivity index (χ3v) is 2.58. The van der Waals surface area contributed by atoms with Crippen molar-refractivity contribution in [3.05, 3.63) is 29.3 Å². The van der Waals surface area contributed by atoms with Crippen LogP contribution in [0.15, 0.2) is 24.3 Å². The van der Waals surface area contributed by atoms with Gasteiger partial charge < -0.3 is 10.1 Å². The van der Waals surface area contributed by atoms with Crippen LogP contribution in [0.1, 0.15) is 20.3 Å². The zero-order valence-electron chi connectivity index (χ0n) is 9.46. The predicted molar refractivity (Wildman–Crippen MR) is 64.7 cm³/mol. The number of hydrogen-bond donors (Lipinski definition) is 1. The van der Waals surface area contributed by atoms with E-state index >= 15 is 0 Å². The maximum atomic E-state index is 5.79. The van der Waals surface area contributed by atoms with Crippen LogP contribution in [0.3, 0.4) is 0 Å². The van der Waals surface area contributed by atoms with E-state index in [1.54, 1.807) is 0 Å². The first-order chi connectivity index (χ1) is 7.11. The molecule has 1 aromatic rings. The van der Waals surface area contributed by atoms with Gasteiger partial charge in [0.1, 0.15) is 5.75 Å². The number of ether oxygens (including phenoxy) is 1. The van der Waals surface area contributed by atoms with Crippen molar-refractivity contribution in [2.45, 2.75) is 32.4 Å². The molecule has 0 aliphatic rings. The fraction of sp³-hybridized carbons (Fsp3) is 0.500. The molecule has 2 unspecified atom stereocenters. The van der Waals surface area contributed by atoms with Gasteiger partial charge in [-0.1, -0.05) is 11.6 Å². The van der Waals surface area contributed by atoms with Crippen molar-refractivity contribution in [3.63, 3.8) is 0 Å². The lowest BCUT2D eigenvalue weighted by Gasteiger charge is -2.18. The van der Waals surface area contributed by atoms with Crippen LogP contribution in [0.4, 0.5) is 0 Å². The fourth-order valence-corrected chi connectivity index (χ4v) is 1.54. The van der Waals surface area contributed by atoms with Gasteiger partial charge in [0.15, 0.2) is 0 Å². The second kappa shape index (κ2) is 5.99. The van der Waals surface area contributed by atoms with Crippen molar-refractivity contribution in [2.24, 2.45) is 0 Å². The minimum absolute atomic E-state index is 0.202. The van der Waals surface area contributed by atoms with Crippen molar-refractivity contribution >= 4 is 11.6 Å². The summed E-state index contributed by atoms with van der Waals surface area (Å²) >= 11 is 5.79. The zero-order chi connectivity index (χ0) is 11.3. The highest BCUT2D eigenvalue weighted by Gasteiger charge is 2.08. The molecule has 0 spiro atoms. The Balaban J connectivity index is 2.44. The normalized spacial score (nSPS) is 14.7. The number of benzene rings is 1. The van der Waals surface area contributed by atoms with Gasteiger partial charge in [-0.2, -0.15) is 0 Å². The van der Waals surface area contributed by atoms with Gasteiger partial charge in [0.25, 0.3) is 0 Å². The summed E-state index contributed by atoms with van der Waals surface area (Å²) in [5, 5.41) is 3.92. The summed E-state index contributed by atoms with van der Waals surface area (Å²) in [6.07, 6.45) is 1.19. The first-order valence-corrected chi connectivity index (χ1v) is 5.59. The maximum absolute atomic E-state index is 5.79. The molecule has 0 aromatic heterocycles. The third-order valence-electron chi connectivity index (χ3n) is 2.33. The van der Waals surface area contributed by atoms with E-state index in [4.69, 9.17) is 16.3 Å². The number of hydrogen-bond acceptors (Lipinski definition) is 2. The lowest BCUT2D eigenvalue weighted by atomic mass is 10.1. The highest BCUT2D eigenvalue weighted by atomic mass is 35.5. The molecule has 3 heteroatoms. The second-order valence-electron chi connectivity index (χ2n) is 3.81. The topological polar surface area (TPSA) is 21.3 Å². The summed E-state index contributed by atoms with van der Waals surface area (Å²) in [7, 11) is 1.96. The molecular weight excluding hydrogens is 210 g/mol. The van der Waals surface area contributed by atoms with Crippen molar-refractivity contribution in [3.8, 4) is 5.75 Å². The summed E-state index contributed by atoms with van der Waals surface area (Å²) in [5.74, 6) is 0.871. The monoisotopic (exact) mass is 227 g/mol. The maximum Gasteiger partial charge on any atom is 0.119 e. The lowest BCUT2D eigenvalue weighted by Crippen LogP contribution is -2.28. The van der Waals surface area contributed by atoms with Crippen molar-refractivity contribution < 1.29 is 4.74 Å². The molecule has 1 aromatic carbocycles. The molecule has 0 aliphatic heterocycles. The molecule has 1 rings (SSSR count). The molecule has 0 bridgehead atoms. The predicted octanol–water partition coefficient (Wildman–Crippen LogP) is 3.11. The molecule has 15 heavy (non-hydrogen) atoms. The van der Waals surface area contributed by atoms with Crippen LogP contribution in [0, 0.1) is 0 Å². The Morgan fingerprint density at radius 2 is 1.87 bits per heavy atom. The zero-order valence-corrected chi connectivity index (χ0v) is 10.2. The molecular formula is C12H18ClNO. The minimum atomic E-state index is 0.202. The van der Waals surface area contributed by atoms with Crippen LogP contribution in [0.25, 0.3) is 0 Å². The summed E-state index contributed by atoms with van der Waals surface area (Å²) in [6, 6.07) is 7.93. The van der Waals surface area contributed by atoms with Crippen molar-refractivity contribution in [1.82, 2.24) is 5.32 Å². The fourth-order valence-electron chi connectivity index (χ4n) is 1.41. The van der Waals surface area contributed by atoms with Gasteiger partial charge in [0.2, 0.25) is 0 Å². The number of halogens is 1. The second-order valence-corrected chi connectivity index (χ2v) is 4.24. The Bertz CT molecular complexity index is 286. The van der Waals surface area contributed by atoms with Gasteiger partial charge in [-0.15, -0.1) is 0 Å². The van der Waals surface area contributed by atoms with Gasteiger partial charge in [-0.05, 0) is 51.6 Å². The highest BCUT2D eigenvalue weighted by molar-refractivity contribution is 6.30. The van der Waals surface area contributed by atoms with E-state index in [1.807, 2.05) is 31.3 Å². The smallest absolute Gasteiger partial charge is 0.119 e. The number of nitrogens with one attached hydrogen (secondary N) is 1. The van der Waals surface area contributed by atoms with Crippen LogP contribution in [-0.2, 0) is 0 Å². The van der Waals surface area contributed by atoms with Crippen LogP contribution in [-0.4, -0.2) is 19.2 Å². The first kappa shape index (κ1) is 12.3. The average Bonchev–Trinajstić information content (AvgIpc) is 2.21. The standard InChI is InChI=1S/C12H18ClNO/c1-9(14-3)8-10(2)15-12-6-4-11(13)5-7-12/h4-7,9-10,14H,8H2,1-3H3. The molecule has 2 nitrogen and oxygen atoms in total. The summed E-state index contributed by atoms with van der Waals surface area (Å²) < 4.78 is 5.74. The Morgan fingerprint density at radius 1 is 1.27 bits per heavy atom. The van der Waals surface area contributed by atoms with Gasteiger partial charge in [0, 0.05) is 11.1 Å². The van der Waals surface area contributed by atoms with Gasteiger partial charge in [-0.25, -0.2) is 0 Å².